The fraction of sp³-hybridized carbons (Fsp3) is 0.542. The van der Waals surface area contributed by atoms with Gasteiger partial charge < -0.3 is 24.8 Å². The average molecular weight is 440 g/mol. The molecule has 2 aromatic rings. The lowest BCUT2D eigenvalue weighted by Crippen LogP contribution is -2.48. The van der Waals surface area contributed by atoms with Crippen LogP contribution in [0, 0.1) is 0 Å². The molecule has 2 N–H and O–H groups in total. The van der Waals surface area contributed by atoms with E-state index in [0.717, 1.165) is 36.5 Å². The second-order valence-electron chi connectivity index (χ2n) is 8.82. The third kappa shape index (κ3) is 5.68. The average Bonchev–Trinajstić information content (AvgIpc) is 3.20. The Morgan fingerprint density at radius 3 is 2.56 bits per heavy atom. The molecule has 1 aromatic carbocycles. The minimum atomic E-state index is -0.203. The van der Waals surface area contributed by atoms with Crippen LogP contribution < -0.4 is 10.6 Å². The predicted octanol–water partition coefficient (Wildman–Crippen LogP) is 2.51. The lowest BCUT2D eigenvalue weighted by molar-refractivity contribution is -0.0586. The van der Waals surface area contributed by atoms with Crippen molar-refractivity contribution in [1.82, 2.24) is 25.1 Å². The molecule has 3 amide bonds. The summed E-state index contributed by atoms with van der Waals surface area (Å²) in [4.78, 5) is 31.4. The number of rotatable bonds is 6. The van der Waals surface area contributed by atoms with Gasteiger partial charge in [0.15, 0.2) is 0 Å². The minimum Gasteiger partial charge on any atom is -0.372 e. The zero-order valence-corrected chi connectivity index (χ0v) is 19.0. The largest absolute Gasteiger partial charge is 0.372 e. The third-order valence-corrected chi connectivity index (χ3v) is 5.99. The van der Waals surface area contributed by atoms with Crippen LogP contribution in [0.1, 0.15) is 54.1 Å². The van der Waals surface area contributed by atoms with E-state index in [1.54, 1.807) is 0 Å². The maximum atomic E-state index is 12.8. The maximum Gasteiger partial charge on any atom is 0.315 e. The summed E-state index contributed by atoms with van der Waals surface area (Å²) in [7, 11) is 0. The summed E-state index contributed by atoms with van der Waals surface area (Å²) >= 11 is 0. The molecule has 2 unspecified atom stereocenters. The number of imidazole rings is 1. The van der Waals surface area contributed by atoms with Gasteiger partial charge in [0.05, 0.1) is 17.9 Å². The second-order valence-corrected chi connectivity index (χ2v) is 8.82. The van der Waals surface area contributed by atoms with Gasteiger partial charge in [0.1, 0.15) is 5.82 Å². The van der Waals surface area contributed by atoms with E-state index in [9.17, 15) is 9.59 Å². The van der Waals surface area contributed by atoms with Crippen LogP contribution >= 0.6 is 0 Å². The van der Waals surface area contributed by atoms with Gasteiger partial charge in [-0.25, -0.2) is 9.78 Å². The summed E-state index contributed by atoms with van der Waals surface area (Å²) < 4.78 is 7.93. The van der Waals surface area contributed by atoms with Gasteiger partial charge in [0.25, 0.3) is 5.91 Å². The Morgan fingerprint density at radius 1 is 1.09 bits per heavy atom. The first-order valence-corrected chi connectivity index (χ1v) is 11.6. The number of morpholine rings is 1. The molecule has 0 radical (unpaired) electrons. The van der Waals surface area contributed by atoms with Crippen molar-refractivity contribution >= 4 is 11.9 Å². The molecular formula is C24H33N5O3. The Bertz CT molecular complexity index is 906. The highest BCUT2D eigenvalue weighted by atomic mass is 16.5. The molecule has 2 aliphatic heterocycles. The number of aromatic nitrogens is 2. The fourth-order valence-electron chi connectivity index (χ4n) is 4.43. The molecule has 2 aliphatic rings. The van der Waals surface area contributed by atoms with E-state index >= 15 is 0 Å². The highest BCUT2D eigenvalue weighted by Crippen LogP contribution is 2.16. The molecule has 8 heteroatoms. The van der Waals surface area contributed by atoms with Gasteiger partial charge in [0.2, 0.25) is 0 Å². The van der Waals surface area contributed by atoms with Gasteiger partial charge in [-0.15, -0.1) is 0 Å². The van der Waals surface area contributed by atoms with E-state index in [0.29, 0.717) is 31.7 Å². The van der Waals surface area contributed by atoms with Gasteiger partial charge in [-0.2, -0.15) is 0 Å². The number of nitrogens with one attached hydrogen (secondary N) is 2. The highest BCUT2D eigenvalue weighted by molar-refractivity contribution is 5.94. The number of benzene rings is 1. The van der Waals surface area contributed by atoms with Crippen molar-refractivity contribution in [3.05, 3.63) is 53.1 Å². The zero-order chi connectivity index (χ0) is 22.5. The first-order chi connectivity index (χ1) is 15.5. The molecule has 1 aromatic heterocycles. The van der Waals surface area contributed by atoms with E-state index in [1.807, 2.05) is 43.0 Å². The van der Waals surface area contributed by atoms with Crippen molar-refractivity contribution in [2.24, 2.45) is 0 Å². The quantitative estimate of drug-likeness (QED) is 0.724. The molecule has 1 fully saturated rings. The molecule has 4 rings (SSSR count). The summed E-state index contributed by atoms with van der Waals surface area (Å²) in [5, 5.41) is 5.76. The standard InChI is InChI=1S/C24H33N5O3/c1-17-14-29(15-18(2)32-17)23(30)20-8-6-19(7-9-20)13-26-24(31)25-11-10-21-16-28-12-4-3-5-22(28)27-21/h6-9,16-18H,3-5,10-15H2,1-2H3,(H2,25,26,31). The summed E-state index contributed by atoms with van der Waals surface area (Å²) in [6.45, 7) is 7.18. The third-order valence-electron chi connectivity index (χ3n) is 5.99. The Balaban J connectivity index is 1.19. The van der Waals surface area contributed by atoms with Crippen LogP contribution in [0.15, 0.2) is 30.5 Å². The molecule has 1 saturated heterocycles. The van der Waals surface area contributed by atoms with Crippen molar-refractivity contribution in [2.45, 2.75) is 64.8 Å². The van der Waals surface area contributed by atoms with Gasteiger partial charge in [-0.3, -0.25) is 4.79 Å². The van der Waals surface area contributed by atoms with Crippen LogP contribution in [-0.2, 0) is 30.7 Å². The second kappa shape index (κ2) is 10.2. The molecule has 32 heavy (non-hydrogen) atoms. The number of nitrogens with zero attached hydrogens (tertiary/aromatic N) is 3. The van der Waals surface area contributed by atoms with Crippen LogP contribution in [-0.4, -0.2) is 58.2 Å². The van der Waals surface area contributed by atoms with Crippen LogP contribution in [0.5, 0.6) is 0 Å². The molecule has 0 spiro atoms. The number of ether oxygens (including phenoxy) is 1. The van der Waals surface area contributed by atoms with E-state index in [-0.39, 0.29) is 24.1 Å². The maximum absolute atomic E-state index is 12.8. The Morgan fingerprint density at radius 2 is 1.84 bits per heavy atom. The topological polar surface area (TPSA) is 88.5 Å². The summed E-state index contributed by atoms with van der Waals surface area (Å²) in [5.74, 6) is 1.18. The number of hydrogen-bond donors (Lipinski definition) is 2. The molecule has 3 heterocycles. The summed E-state index contributed by atoms with van der Waals surface area (Å²) in [6, 6.07) is 7.21. The van der Waals surface area contributed by atoms with Crippen molar-refractivity contribution in [3.63, 3.8) is 0 Å². The molecule has 8 nitrogen and oxygen atoms in total. The monoisotopic (exact) mass is 439 g/mol. The number of carbonyl (C=O) groups excluding carboxylic acids is 2. The van der Waals surface area contributed by atoms with Crippen LogP contribution in [0.3, 0.4) is 0 Å². The first-order valence-electron chi connectivity index (χ1n) is 11.6. The van der Waals surface area contributed by atoms with Gasteiger partial charge in [-0.05, 0) is 44.4 Å². The Hall–Kier alpha value is -2.87. The van der Waals surface area contributed by atoms with E-state index in [1.165, 1.54) is 12.8 Å². The van der Waals surface area contributed by atoms with Crippen molar-refractivity contribution in [3.8, 4) is 0 Å². The molecule has 0 bridgehead atoms. The molecule has 0 aliphatic carbocycles. The zero-order valence-electron chi connectivity index (χ0n) is 19.0. The molecule has 172 valence electrons. The van der Waals surface area contributed by atoms with Gasteiger partial charge >= 0.3 is 6.03 Å². The van der Waals surface area contributed by atoms with Gasteiger partial charge in [-0.1, -0.05) is 12.1 Å². The predicted molar refractivity (Wildman–Crippen MR) is 121 cm³/mol. The van der Waals surface area contributed by atoms with E-state index in [4.69, 9.17) is 4.74 Å². The number of aryl methyl sites for hydroxylation is 2. The van der Waals surface area contributed by atoms with Crippen molar-refractivity contribution in [2.75, 3.05) is 19.6 Å². The number of amides is 3. The minimum absolute atomic E-state index is 0.0187. The lowest BCUT2D eigenvalue weighted by atomic mass is 10.1. The van der Waals surface area contributed by atoms with Crippen LogP contribution in [0.2, 0.25) is 0 Å². The number of urea groups is 1. The Kier molecular flexibility index (Phi) is 7.09. The highest BCUT2D eigenvalue weighted by Gasteiger charge is 2.26. The SMILES string of the molecule is CC1CN(C(=O)c2ccc(CNC(=O)NCCc3cn4c(n3)CCCC4)cc2)CC(C)O1. The van der Waals surface area contributed by atoms with Crippen LogP contribution in [0.4, 0.5) is 4.79 Å². The smallest absolute Gasteiger partial charge is 0.315 e. The number of hydrogen-bond acceptors (Lipinski definition) is 4. The Labute approximate surface area is 189 Å². The molecule has 2 atom stereocenters. The first kappa shape index (κ1) is 22.3. The fourth-order valence-corrected chi connectivity index (χ4v) is 4.43. The normalized spacial score (nSPS) is 20.5. The summed E-state index contributed by atoms with van der Waals surface area (Å²) in [6.07, 6.45) is 6.39. The lowest BCUT2D eigenvalue weighted by Gasteiger charge is -2.35. The van der Waals surface area contributed by atoms with Crippen LogP contribution in [0.25, 0.3) is 0 Å². The van der Waals surface area contributed by atoms with E-state index in [2.05, 4.69) is 26.4 Å². The van der Waals surface area contributed by atoms with Crippen molar-refractivity contribution in [1.29, 1.82) is 0 Å². The van der Waals surface area contributed by atoms with Crippen molar-refractivity contribution < 1.29 is 14.3 Å². The molecular weight excluding hydrogens is 406 g/mol. The van der Waals surface area contributed by atoms with Gasteiger partial charge in [0, 0.05) is 57.3 Å². The van der Waals surface area contributed by atoms with E-state index < -0.39 is 0 Å². The summed E-state index contributed by atoms with van der Waals surface area (Å²) in [5.41, 5.74) is 2.64. The number of carbonyl (C=O) groups is 2. The number of fused-ring (bicyclic) bond motifs is 1. The molecule has 0 saturated carbocycles.